The number of morpholine rings is 1. The lowest BCUT2D eigenvalue weighted by Gasteiger charge is -2.26. The van der Waals surface area contributed by atoms with Crippen molar-refractivity contribution in [2.24, 2.45) is 0 Å². The first-order valence-electron chi connectivity index (χ1n) is 8.67. The number of rotatable bonds is 7. The monoisotopic (exact) mass is 344 g/mol. The Kier molecular flexibility index (Phi) is 6.08. The summed E-state index contributed by atoms with van der Waals surface area (Å²) in [5.41, 5.74) is 1.38. The SMILES string of the molecule is CCC(NC(=O)c1cn(CCN2CCOCC2)nn1)c1ccncc1. The van der Waals surface area contributed by atoms with Gasteiger partial charge < -0.3 is 10.1 Å². The molecule has 2 aromatic heterocycles. The Morgan fingerprint density at radius 2 is 2.04 bits per heavy atom. The van der Waals surface area contributed by atoms with Crippen LogP contribution in [-0.2, 0) is 11.3 Å². The lowest BCUT2D eigenvalue weighted by Crippen LogP contribution is -2.38. The van der Waals surface area contributed by atoms with Crippen LogP contribution in [0.15, 0.2) is 30.7 Å². The fourth-order valence-electron chi connectivity index (χ4n) is 2.83. The van der Waals surface area contributed by atoms with E-state index in [0.29, 0.717) is 12.2 Å². The topological polar surface area (TPSA) is 85.2 Å². The van der Waals surface area contributed by atoms with Gasteiger partial charge in [0.2, 0.25) is 0 Å². The standard InChI is InChI=1S/C17H24N6O2/c1-2-15(14-3-5-18-6-4-14)19-17(24)16-13-23(21-20-16)8-7-22-9-11-25-12-10-22/h3-6,13,15H,2,7-12H2,1H3,(H,19,24). The van der Waals surface area contributed by atoms with Crippen molar-refractivity contribution in [3.05, 3.63) is 42.0 Å². The Labute approximate surface area is 147 Å². The third-order valence-corrected chi connectivity index (χ3v) is 4.34. The fourth-order valence-corrected chi connectivity index (χ4v) is 2.83. The van der Waals surface area contributed by atoms with E-state index in [1.165, 1.54) is 0 Å². The normalized spacial score (nSPS) is 16.5. The highest BCUT2D eigenvalue weighted by atomic mass is 16.5. The number of hydrogen-bond acceptors (Lipinski definition) is 6. The van der Waals surface area contributed by atoms with Crippen molar-refractivity contribution in [1.82, 2.24) is 30.2 Å². The molecule has 0 radical (unpaired) electrons. The van der Waals surface area contributed by atoms with E-state index >= 15 is 0 Å². The first-order chi connectivity index (χ1) is 12.3. The summed E-state index contributed by atoms with van der Waals surface area (Å²) in [5, 5.41) is 11.1. The molecule has 8 nitrogen and oxygen atoms in total. The molecule has 3 rings (SSSR count). The van der Waals surface area contributed by atoms with Crippen LogP contribution in [0.3, 0.4) is 0 Å². The van der Waals surface area contributed by atoms with Gasteiger partial charge in [0.05, 0.1) is 32.0 Å². The molecule has 8 heteroatoms. The van der Waals surface area contributed by atoms with E-state index in [1.807, 2.05) is 19.1 Å². The number of ether oxygens (including phenoxy) is 1. The van der Waals surface area contributed by atoms with Crippen LogP contribution in [0.1, 0.15) is 35.4 Å². The second-order valence-corrected chi connectivity index (χ2v) is 6.04. The lowest BCUT2D eigenvalue weighted by atomic mass is 10.1. The summed E-state index contributed by atoms with van der Waals surface area (Å²) in [7, 11) is 0. The number of carbonyl (C=O) groups excluding carboxylic acids is 1. The summed E-state index contributed by atoms with van der Waals surface area (Å²) in [6.45, 7) is 7.05. The van der Waals surface area contributed by atoms with E-state index in [4.69, 9.17) is 4.74 Å². The van der Waals surface area contributed by atoms with Crippen molar-refractivity contribution in [2.45, 2.75) is 25.9 Å². The molecular weight excluding hydrogens is 320 g/mol. The zero-order valence-electron chi connectivity index (χ0n) is 14.5. The highest BCUT2D eigenvalue weighted by Crippen LogP contribution is 2.15. The minimum Gasteiger partial charge on any atom is -0.379 e. The van der Waals surface area contributed by atoms with Gasteiger partial charge in [0.15, 0.2) is 5.69 Å². The lowest BCUT2D eigenvalue weighted by molar-refractivity contribution is 0.0359. The zero-order valence-corrected chi connectivity index (χ0v) is 14.5. The third kappa shape index (κ3) is 4.83. The molecule has 1 saturated heterocycles. The van der Waals surface area contributed by atoms with Crippen molar-refractivity contribution in [2.75, 3.05) is 32.8 Å². The van der Waals surface area contributed by atoms with Gasteiger partial charge in [0.1, 0.15) is 0 Å². The van der Waals surface area contributed by atoms with Crippen molar-refractivity contribution >= 4 is 5.91 Å². The predicted molar refractivity (Wildman–Crippen MR) is 92.0 cm³/mol. The maximum atomic E-state index is 12.4. The first kappa shape index (κ1) is 17.5. The number of hydrogen-bond donors (Lipinski definition) is 1. The number of pyridine rings is 1. The molecule has 1 amide bonds. The van der Waals surface area contributed by atoms with Gasteiger partial charge >= 0.3 is 0 Å². The summed E-state index contributed by atoms with van der Waals surface area (Å²) >= 11 is 0. The van der Waals surface area contributed by atoms with Crippen molar-refractivity contribution < 1.29 is 9.53 Å². The quantitative estimate of drug-likeness (QED) is 0.803. The van der Waals surface area contributed by atoms with E-state index in [2.05, 4.69) is 25.5 Å². The molecule has 25 heavy (non-hydrogen) atoms. The van der Waals surface area contributed by atoms with Gasteiger partial charge in [-0.2, -0.15) is 0 Å². The Hall–Kier alpha value is -2.32. The van der Waals surface area contributed by atoms with Crippen LogP contribution in [0.25, 0.3) is 0 Å². The van der Waals surface area contributed by atoms with Gasteiger partial charge in [-0.25, -0.2) is 0 Å². The van der Waals surface area contributed by atoms with E-state index in [-0.39, 0.29) is 11.9 Å². The predicted octanol–water partition coefficient (Wildman–Crippen LogP) is 0.886. The van der Waals surface area contributed by atoms with Crippen LogP contribution in [0.2, 0.25) is 0 Å². The minimum absolute atomic E-state index is 0.0611. The molecule has 0 bridgehead atoms. The first-order valence-corrected chi connectivity index (χ1v) is 8.67. The summed E-state index contributed by atoms with van der Waals surface area (Å²) in [6, 6.07) is 3.76. The second-order valence-electron chi connectivity index (χ2n) is 6.04. The number of nitrogens with one attached hydrogen (secondary N) is 1. The average Bonchev–Trinajstić information content (AvgIpc) is 3.15. The summed E-state index contributed by atoms with van der Waals surface area (Å²) < 4.78 is 7.06. The fraction of sp³-hybridized carbons (Fsp3) is 0.529. The van der Waals surface area contributed by atoms with Crippen molar-refractivity contribution in [1.29, 1.82) is 0 Å². The Balaban J connectivity index is 1.54. The minimum atomic E-state index is -0.207. The van der Waals surface area contributed by atoms with Gasteiger partial charge in [0, 0.05) is 32.0 Å². The largest absolute Gasteiger partial charge is 0.379 e. The van der Waals surface area contributed by atoms with E-state index in [0.717, 1.165) is 44.8 Å². The Morgan fingerprint density at radius 1 is 1.28 bits per heavy atom. The molecule has 0 saturated carbocycles. The maximum Gasteiger partial charge on any atom is 0.273 e. The number of nitrogens with zero attached hydrogens (tertiary/aromatic N) is 5. The second kappa shape index (κ2) is 8.68. The highest BCUT2D eigenvalue weighted by molar-refractivity contribution is 5.92. The van der Waals surface area contributed by atoms with Gasteiger partial charge in [-0.15, -0.1) is 5.10 Å². The smallest absolute Gasteiger partial charge is 0.273 e. The Morgan fingerprint density at radius 3 is 2.76 bits per heavy atom. The molecule has 1 aliphatic heterocycles. The molecule has 3 heterocycles. The molecule has 0 aliphatic carbocycles. The van der Waals surface area contributed by atoms with Gasteiger partial charge in [-0.05, 0) is 24.1 Å². The molecule has 1 atom stereocenters. The van der Waals surface area contributed by atoms with Crippen molar-refractivity contribution in [3.8, 4) is 0 Å². The van der Waals surface area contributed by atoms with E-state index < -0.39 is 0 Å². The molecule has 1 N–H and O–H groups in total. The van der Waals surface area contributed by atoms with E-state index in [1.54, 1.807) is 23.3 Å². The maximum absolute atomic E-state index is 12.4. The van der Waals surface area contributed by atoms with Gasteiger partial charge in [0.25, 0.3) is 5.91 Å². The molecular formula is C17H24N6O2. The molecule has 1 aliphatic rings. The third-order valence-electron chi connectivity index (χ3n) is 4.34. The van der Waals surface area contributed by atoms with E-state index in [9.17, 15) is 4.79 Å². The summed E-state index contributed by atoms with van der Waals surface area (Å²) in [4.78, 5) is 18.8. The van der Waals surface area contributed by atoms with Crippen LogP contribution >= 0.6 is 0 Å². The zero-order chi connectivity index (χ0) is 17.5. The van der Waals surface area contributed by atoms with Crippen molar-refractivity contribution in [3.63, 3.8) is 0 Å². The summed E-state index contributed by atoms with van der Waals surface area (Å²) in [5.74, 6) is -0.207. The molecule has 2 aromatic rings. The highest BCUT2D eigenvalue weighted by Gasteiger charge is 2.17. The van der Waals surface area contributed by atoms with Crippen LogP contribution < -0.4 is 5.32 Å². The number of aromatic nitrogens is 4. The average molecular weight is 344 g/mol. The Bertz CT molecular complexity index is 669. The molecule has 134 valence electrons. The van der Waals surface area contributed by atoms with Crippen LogP contribution in [0.5, 0.6) is 0 Å². The van der Waals surface area contributed by atoms with Gasteiger partial charge in [-0.3, -0.25) is 19.4 Å². The molecule has 0 spiro atoms. The van der Waals surface area contributed by atoms with Crippen LogP contribution in [0.4, 0.5) is 0 Å². The summed E-state index contributed by atoms with van der Waals surface area (Å²) in [6.07, 6.45) is 5.95. The van der Waals surface area contributed by atoms with Crippen LogP contribution in [0, 0.1) is 0 Å². The molecule has 1 unspecified atom stereocenters. The number of carbonyl (C=O) groups is 1. The molecule has 1 fully saturated rings. The van der Waals surface area contributed by atoms with Gasteiger partial charge in [-0.1, -0.05) is 12.1 Å². The molecule has 0 aromatic carbocycles. The van der Waals surface area contributed by atoms with Crippen LogP contribution in [-0.4, -0.2) is 63.6 Å². The number of amides is 1.